The largest absolute Gasteiger partial charge is 0.480 e. The van der Waals surface area contributed by atoms with E-state index in [4.69, 9.17) is 5.11 Å². The van der Waals surface area contributed by atoms with Crippen molar-refractivity contribution in [3.63, 3.8) is 0 Å². The number of carboxylic acids is 1. The van der Waals surface area contributed by atoms with Crippen molar-refractivity contribution in [2.45, 2.75) is 24.6 Å². The van der Waals surface area contributed by atoms with Gasteiger partial charge in [-0.3, -0.25) is 4.99 Å². The number of hydrogen-bond donors (Lipinski definition) is 1. The molecule has 0 radical (unpaired) electrons. The number of aliphatic carboxylic acids is 1. The van der Waals surface area contributed by atoms with Crippen molar-refractivity contribution in [1.82, 2.24) is 0 Å². The molecule has 1 unspecified atom stereocenters. The molecular weight excluding hydrogens is 222 g/mol. The van der Waals surface area contributed by atoms with E-state index in [1.807, 2.05) is 44.2 Å². The molecule has 16 heavy (non-hydrogen) atoms. The number of thioether (sulfide) groups is 1. The normalized spacial score (nSPS) is 22.9. The summed E-state index contributed by atoms with van der Waals surface area (Å²) in [6.07, 6.45) is 0. The van der Waals surface area contributed by atoms with Crippen LogP contribution in [-0.4, -0.2) is 26.9 Å². The SMILES string of the molecule is CC1(C)SC(c2ccccc2)=NC1C(=O)O. The van der Waals surface area contributed by atoms with Crippen molar-refractivity contribution in [1.29, 1.82) is 0 Å². The molecule has 0 aromatic heterocycles. The zero-order valence-electron chi connectivity index (χ0n) is 9.18. The topological polar surface area (TPSA) is 49.7 Å². The molecule has 4 heteroatoms. The maximum atomic E-state index is 11.1. The summed E-state index contributed by atoms with van der Waals surface area (Å²) >= 11 is 1.53. The number of aliphatic imine (C=N–C) groups is 1. The zero-order valence-corrected chi connectivity index (χ0v) is 9.99. The highest BCUT2D eigenvalue weighted by atomic mass is 32.2. The molecular formula is C12H13NO2S. The van der Waals surface area contributed by atoms with Crippen LogP contribution < -0.4 is 0 Å². The summed E-state index contributed by atoms with van der Waals surface area (Å²) in [7, 11) is 0. The minimum absolute atomic E-state index is 0.378. The van der Waals surface area contributed by atoms with Crippen LogP contribution in [0.5, 0.6) is 0 Å². The summed E-state index contributed by atoms with van der Waals surface area (Å²) in [5, 5.41) is 9.91. The van der Waals surface area contributed by atoms with Gasteiger partial charge in [-0.1, -0.05) is 42.1 Å². The summed E-state index contributed by atoms with van der Waals surface area (Å²) in [5.41, 5.74) is 0.990. The third-order valence-electron chi connectivity index (χ3n) is 2.52. The van der Waals surface area contributed by atoms with Gasteiger partial charge in [-0.15, -0.1) is 0 Å². The Morgan fingerprint density at radius 2 is 2.00 bits per heavy atom. The van der Waals surface area contributed by atoms with Gasteiger partial charge in [0.15, 0.2) is 6.04 Å². The molecule has 1 heterocycles. The number of nitrogens with zero attached hydrogens (tertiary/aromatic N) is 1. The molecule has 1 aromatic carbocycles. The smallest absolute Gasteiger partial charge is 0.329 e. The molecule has 0 saturated heterocycles. The van der Waals surface area contributed by atoms with Gasteiger partial charge in [0.05, 0.1) is 5.04 Å². The van der Waals surface area contributed by atoms with Crippen molar-refractivity contribution in [2.24, 2.45) is 4.99 Å². The first-order valence-corrected chi connectivity index (χ1v) is 5.87. The van der Waals surface area contributed by atoms with E-state index in [0.29, 0.717) is 0 Å². The minimum atomic E-state index is -0.858. The highest BCUT2D eigenvalue weighted by molar-refractivity contribution is 8.15. The Kier molecular flexibility index (Phi) is 2.76. The molecule has 1 atom stereocenters. The van der Waals surface area contributed by atoms with Gasteiger partial charge in [-0.05, 0) is 13.8 Å². The summed E-state index contributed by atoms with van der Waals surface area (Å²) in [6.45, 7) is 3.83. The highest BCUT2D eigenvalue weighted by Crippen LogP contribution is 2.39. The number of rotatable bonds is 2. The van der Waals surface area contributed by atoms with E-state index >= 15 is 0 Å². The number of carbonyl (C=O) groups is 1. The lowest BCUT2D eigenvalue weighted by atomic mass is 10.0. The van der Waals surface area contributed by atoms with E-state index in [1.165, 1.54) is 11.8 Å². The standard InChI is InChI=1S/C12H13NO2S/c1-12(2)9(11(14)15)13-10(16-12)8-6-4-3-5-7-8/h3-7,9H,1-2H3,(H,14,15). The summed E-state index contributed by atoms with van der Waals surface area (Å²) in [4.78, 5) is 15.4. The molecule has 0 spiro atoms. The molecule has 0 aliphatic carbocycles. The van der Waals surface area contributed by atoms with Crippen LogP contribution in [0.2, 0.25) is 0 Å². The maximum absolute atomic E-state index is 11.1. The average Bonchev–Trinajstić information content (AvgIpc) is 2.56. The van der Waals surface area contributed by atoms with Gasteiger partial charge in [-0.2, -0.15) is 0 Å². The molecule has 1 N–H and O–H groups in total. The maximum Gasteiger partial charge on any atom is 0.329 e. The van der Waals surface area contributed by atoms with E-state index in [0.717, 1.165) is 10.6 Å². The fourth-order valence-corrected chi connectivity index (χ4v) is 2.85. The Balaban J connectivity index is 2.33. The van der Waals surface area contributed by atoms with E-state index in [1.54, 1.807) is 0 Å². The lowest BCUT2D eigenvalue weighted by Gasteiger charge is -2.20. The van der Waals surface area contributed by atoms with Crippen LogP contribution in [0, 0.1) is 0 Å². The molecule has 0 saturated carbocycles. The third-order valence-corrected chi connectivity index (χ3v) is 3.80. The van der Waals surface area contributed by atoms with Gasteiger partial charge in [-0.25, -0.2) is 4.79 Å². The van der Waals surface area contributed by atoms with Crippen molar-refractivity contribution in [3.05, 3.63) is 35.9 Å². The van der Waals surface area contributed by atoms with Crippen LogP contribution in [0.25, 0.3) is 0 Å². The van der Waals surface area contributed by atoms with Crippen molar-refractivity contribution < 1.29 is 9.90 Å². The molecule has 84 valence electrons. The average molecular weight is 235 g/mol. The fraction of sp³-hybridized carbons (Fsp3) is 0.333. The predicted molar refractivity (Wildman–Crippen MR) is 66.1 cm³/mol. The Hall–Kier alpha value is -1.29. The molecule has 1 aliphatic heterocycles. The highest BCUT2D eigenvalue weighted by Gasteiger charge is 2.42. The first-order valence-electron chi connectivity index (χ1n) is 5.06. The first-order chi connectivity index (χ1) is 7.50. The number of hydrogen-bond acceptors (Lipinski definition) is 3. The zero-order chi connectivity index (χ0) is 11.8. The minimum Gasteiger partial charge on any atom is -0.480 e. The van der Waals surface area contributed by atoms with Crippen LogP contribution >= 0.6 is 11.8 Å². The third kappa shape index (κ3) is 1.97. The second-order valence-corrected chi connectivity index (χ2v) is 5.89. The van der Waals surface area contributed by atoms with Gasteiger partial charge in [0.2, 0.25) is 0 Å². The summed E-state index contributed by atoms with van der Waals surface area (Å²) in [5.74, 6) is -0.858. The molecule has 2 rings (SSSR count). The number of benzene rings is 1. The quantitative estimate of drug-likeness (QED) is 0.856. The Morgan fingerprint density at radius 1 is 1.38 bits per heavy atom. The van der Waals surface area contributed by atoms with E-state index in [9.17, 15) is 4.79 Å². The lowest BCUT2D eigenvalue weighted by molar-refractivity contribution is -0.138. The Labute approximate surface area is 98.6 Å². The van der Waals surface area contributed by atoms with Gasteiger partial charge >= 0.3 is 5.97 Å². The van der Waals surface area contributed by atoms with Crippen molar-refractivity contribution in [2.75, 3.05) is 0 Å². The first kappa shape index (κ1) is 11.2. The van der Waals surface area contributed by atoms with Gasteiger partial charge in [0.1, 0.15) is 0 Å². The Bertz CT molecular complexity index is 440. The summed E-state index contributed by atoms with van der Waals surface area (Å²) < 4.78 is -0.378. The second kappa shape index (κ2) is 3.94. The van der Waals surface area contributed by atoms with E-state index in [-0.39, 0.29) is 4.75 Å². The number of carboxylic acid groups (broad SMARTS) is 1. The molecule has 3 nitrogen and oxygen atoms in total. The molecule has 1 aromatic rings. The van der Waals surface area contributed by atoms with Crippen LogP contribution in [0.15, 0.2) is 35.3 Å². The second-order valence-electron chi connectivity index (χ2n) is 4.25. The summed E-state index contributed by atoms with van der Waals surface area (Å²) in [6, 6.07) is 9.04. The van der Waals surface area contributed by atoms with E-state index < -0.39 is 12.0 Å². The van der Waals surface area contributed by atoms with Gasteiger partial charge in [0.25, 0.3) is 0 Å². The van der Waals surface area contributed by atoms with Crippen LogP contribution in [-0.2, 0) is 4.79 Å². The van der Waals surface area contributed by atoms with Crippen molar-refractivity contribution >= 4 is 22.8 Å². The molecule has 0 fully saturated rings. The Morgan fingerprint density at radius 3 is 2.50 bits per heavy atom. The monoisotopic (exact) mass is 235 g/mol. The van der Waals surface area contributed by atoms with E-state index in [2.05, 4.69) is 4.99 Å². The van der Waals surface area contributed by atoms with Crippen LogP contribution in [0.4, 0.5) is 0 Å². The van der Waals surface area contributed by atoms with Crippen molar-refractivity contribution in [3.8, 4) is 0 Å². The fourth-order valence-electron chi connectivity index (χ4n) is 1.67. The van der Waals surface area contributed by atoms with Crippen LogP contribution in [0.1, 0.15) is 19.4 Å². The predicted octanol–water partition coefficient (Wildman–Crippen LogP) is 2.41. The van der Waals surface area contributed by atoms with Crippen LogP contribution in [0.3, 0.4) is 0 Å². The van der Waals surface area contributed by atoms with Gasteiger partial charge < -0.3 is 5.11 Å². The van der Waals surface area contributed by atoms with Gasteiger partial charge in [0, 0.05) is 10.3 Å². The molecule has 0 bridgehead atoms. The molecule has 0 amide bonds. The molecule has 1 aliphatic rings. The lowest BCUT2D eigenvalue weighted by Crippen LogP contribution is -2.34.